The molecule has 2 unspecified atom stereocenters. The van der Waals surface area contributed by atoms with Gasteiger partial charge in [0, 0.05) is 24.6 Å². The van der Waals surface area contributed by atoms with E-state index in [9.17, 15) is 0 Å². The first-order valence-corrected chi connectivity index (χ1v) is 6.32. The van der Waals surface area contributed by atoms with Crippen LogP contribution in [0.5, 0.6) is 0 Å². The molecule has 0 amide bonds. The van der Waals surface area contributed by atoms with Crippen LogP contribution in [0.4, 0.5) is 5.82 Å². The van der Waals surface area contributed by atoms with Crippen LogP contribution in [0.1, 0.15) is 13.3 Å². The molecule has 0 spiro atoms. The molecule has 1 fully saturated rings. The Morgan fingerprint density at radius 1 is 1.61 bits per heavy atom. The molecule has 18 heavy (non-hydrogen) atoms. The first-order chi connectivity index (χ1) is 8.74. The van der Waals surface area contributed by atoms with E-state index in [4.69, 9.17) is 16.3 Å². The molecule has 7 heteroatoms. The quantitative estimate of drug-likeness (QED) is 0.856. The van der Waals surface area contributed by atoms with Gasteiger partial charge in [-0.3, -0.25) is 0 Å². The number of hydrogen-bond donors (Lipinski definition) is 1. The Balaban J connectivity index is 1.86. The van der Waals surface area contributed by atoms with Crippen LogP contribution in [0.2, 0.25) is 5.15 Å². The predicted octanol–water partition coefficient (Wildman–Crippen LogP) is 1.61. The smallest absolute Gasteiger partial charge is 0.255 e. The number of rotatable bonds is 3. The van der Waals surface area contributed by atoms with E-state index in [0.29, 0.717) is 22.9 Å². The van der Waals surface area contributed by atoms with Crippen molar-refractivity contribution in [2.75, 3.05) is 18.5 Å². The van der Waals surface area contributed by atoms with Crippen LogP contribution in [-0.4, -0.2) is 38.8 Å². The lowest BCUT2D eigenvalue weighted by molar-refractivity contribution is 0.183. The van der Waals surface area contributed by atoms with Gasteiger partial charge >= 0.3 is 0 Å². The molecule has 0 aliphatic carbocycles. The highest BCUT2D eigenvalue weighted by Crippen LogP contribution is 2.21. The van der Waals surface area contributed by atoms with Gasteiger partial charge in [0.15, 0.2) is 0 Å². The van der Waals surface area contributed by atoms with E-state index < -0.39 is 0 Å². The van der Waals surface area contributed by atoms with E-state index in [1.165, 1.54) is 6.33 Å². The third-order valence-corrected chi connectivity index (χ3v) is 3.46. The molecule has 2 aromatic rings. The molecule has 2 atom stereocenters. The molecule has 6 nitrogen and oxygen atoms in total. The van der Waals surface area contributed by atoms with Gasteiger partial charge in [-0.25, -0.2) is 0 Å². The lowest BCUT2D eigenvalue weighted by Gasteiger charge is -2.20. The number of ether oxygens (including phenoxy) is 1. The zero-order chi connectivity index (χ0) is 12.5. The van der Waals surface area contributed by atoms with E-state index in [-0.39, 0.29) is 0 Å². The van der Waals surface area contributed by atoms with Gasteiger partial charge < -0.3 is 10.1 Å². The average molecular weight is 268 g/mol. The summed E-state index contributed by atoms with van der Waals surface area (Å²) in [6, 6.07) is 2.05. The fourth-order valence-corrected chi connectivity index (χ4v) is 2.36. The highest BCUT2D eigenvalue weighted by Gasteiger charge is 2.23. The van der Waals surface area contributed by atoms with Gasteiger partial charge in [0.05, 0.1) is 6.61 Å². The van der Waals surface area contributed by atoms with E-state index in [0.717, 1.165) is 25.5 Å². The summed E-state index contributed by atoms with van der Waals surface area (Å²) >= 11 is 5.97. The molecule has 0 saturated carbocycles. The summed E-state index contributed by atoms with van der Waals surface area (Å²) in [4.78, 5) is 8.13. The predicted molar refractivity (Wildman–Crippen MR) is 67.8 cm³/mol. The number of nitrogens with zero attached hydrogens (tertiary/aromatic N) is 4. The summed E-state index contributed by atoms with van der Waals surface area (Å²) in [6.07, 6.45) is 2.54. The van der Waals surface area contributed by atoms with E-state index in [1.54, 1.807) is 10.6 Å². The monoisotopic (exact) mass is 267 g/mol. The van der Waals surface area contributed by atoms with Gasteiger partial charge in [0.1, 0.15) is 17.3 Å². The Hall–Kier alpha value is -1.40. The summed E-state index contributed by atoms with van der Waals surface area (Å²) in [5.41, 5.74) is 0. The van der Waals surface area contributed by atoms with Crippen molar-refractivity contribution in [1.82, 2.24) is 19.6 Å². The molecule has 3 rings (SSSR count). The SMILES string of the molecule is CC(Nc1cc(Cl)nc2ncnn12)C1CCOC1. The summed E-state index contributed by atoms with van der Waals surface area (Å²) in [6.45, 7) is 3.77. The Morgan fingerprint density at radius 3 is 3.28 bits per heavy atom. The third-order valence-electron chi connectivity index (χ3n) is 3.27. The standard InChI is InChI=1S/C11H14ClN5O/c1-7(8-2-3-18-5-8)15-10-4-9(12)16-11-13-6-14-17(10)11/h4,6-8,15H,2-3,5H2,1H3. The van der Waals surface area contributed by atoms with E-state index >= 15 is 0 Å². The van der Waals surface area contributed by atoms with Gasteiger partial charge in [0.2, 0.25) is 0 Å². The van der Waals surface area contributed by atoms with Crippen LogP contribution in [0.3, 0.4) is 0 Å². The van der Waals surface area contributed by atoms with Crippen molar-refractivity contribution in [3.8, 4) is 0 Å². The Kier molecular flexibility index (Phi) is 3.05. The van der Waals surface area contributed by atoms with Gasteiger partial charge in [-0.2, -0.15) is 19.6 Å². The third kappa shape index (κ3) is 2.13. The van der Waals surface area contributed by atoms with Crippen LogP contribution >= 0.6 is 11.6 Å². The van der Waals surface area contributed by atoms with Crippen LogP contribution in [0.25, 0.3) is 5.78 Å². The van der Waals surface area contributed by atoms with Crippen molar-refractivity contribution in [2.45, 2.75) is 19.4 Å². The minimum absolute atomic E-state index is 0.290. The second kappa shape index (κ2) is 4.70. The molecular formula is C11H14ClN5O. The molecule has 1 N–H and O–H groups in total. The summed E-state index contributed by atoms with van der Waals surface area (Å²) < 4.78 is 7.05. The second-order valence-corrected chi connectivity index (χ2v) is 4.88. The van der Waals surface area contributed by atoms with Crippen molar-refractivity contribution in [3.05, 3.63) is 17.5 Å². The Morgan fingerprint density at radius 2 is 2.50 bits per heavy atom. The van der Waals surface area contributed by atoms with Gasteiger partial charge in [-0.1, -0.05) is 11.6 Å². The Bertz CT molecular complexity index is 551. The molecule has 1 saturated heterocycles. The van der Waals surface area contributed by atoms with E-state index in [1.807, 2.05) is 0 Å². The number of anilines is 1. The highest BCUT2D eigenvalue weighted by molar-refractivity contribution is 6.29. The van der Waals surface area contributed by atoms with Crippen LogP contribution in [0.15, 0.2) is 12.4 Å². The van der Waals surface area contributed by atoms with Gasteiger partial charge in [0.25, 0.3) is 5.78 Å². The molecule has 3 heterocycles. The number of halogens is 1. The summed E-state index contributed by atoms with van der Waals surface area (Å²) in [7, 11) is 0. The fraction of sp³-hybridized carbons (Fsp3) is 0.545. The molecule has 1 aliphatic rings. The molecule has 1 aliphatic heterocycles. The zero-order valence-corrected chi connectivity index (χ0v) is 10.8. The minimum Gasteiger partial charge on any atom is -0.381 e. The summed E-state index contributed by atoms with van der Waals surface area (Å²) in [5, 5.41) is 7.95. The fourth-order valence-electron chi connectivity index (χ4n) is 2.18. The molecule has 2 aromatic heterocycles. The van der Waals surface area contributed by atoms with Gasteiger partial charge in [-0.15, -0.1) is 0 Å². The average Bonchev–Trinajstić information content (AvgIpc) is 2.98. The maximum atomic E-state index is 5.97. The summed E-state index contributed by atoms with van der Waals surface area (Å²) in [5.74, 6) is 1.82. The van der Waals surface area contributed by atoms with Crippen LogP contribution < -0.4 is 5.32 Å². The van der Waals surface area contributed by atoms with Crippen LogP contribution in [0, 0.1) is 5.92 Å². The number of aromatic nitrogens is 4. The van der Waals surface area contributed by atoms with Crippen molar-refractivity contribution < 1.29 is 4.74 Å². The maximum Gasteiger partial charge on any atom is 0.255 e. The number of hydrogen-bond acceptors (Lipinski definition) is 5. The largest absolute Gasteiger partial charge is 0.381 e. The maximum absolute atomic E-state index is 5.97. The van der Waals surface area contributed by atoms with Crippen LogP contribution in [-0.2, 0) is 4.74 Å². The zero-order valence-electron chi connectivity index (χ0n) is 10.0. The molecule has 0 aromatic carbocycles. The van der Waals surface area contributed by atoms with Crippen molar-refractivity contribution in [1.29, 1.82) is 0 Å². The molecular weight excluding hydrogens is 254 g/mol. The first kappa shape index (κ1) is 11.7. The normalized spacial score (nSPS) is 21.3. The molecule has 0 bridgehead atoms. The lowest BCUT2D eigenvalue weighted by atomic mass is 10.0. The second-order valence-electron chi connectivity index (χ2n) is 4.49. The number of fused-ring (bicyclic) bond motifs is 1. The lowest BCUT2D eigenvalue weighted by Crippen LogP contribution is -2.27. The first-order valence-electron chi connectivity index (χ1n) is 5.94. The van der Waals surface area contributed by atoms with E-state index in [2.05, 4.69) is 27.3 Å². The van der Waals surface area contributed by atoms with Gasteiger partial charge in [-0.05, 0) is 13.3 Å². The van der Waals surface area contributed by atoms with Crippen molar-refractivity contribution in [3.63, 3.8) is 0 Å². The van der Waals surface area contributed by atoms with Crippen molar-refractivity contribution in [2.24, 2.45) is 5.92 Å². The molecule has 0 radical (unpaired) electrons. The Labute approximate surface area is 109 Å². The molecule has 96 valence electrons. The van der Waals surface area contributed by atoms with Crippen molar-refractivity contribution >= 4 is 23.2 Å². The highest BCUT2D eigenvalue weighted by atomic mass is 35.5. The number of nitrogens with one attached hydrogen (secondary N) is 1. The minimum atomic E-state index is 0.290. The topological polar surface area (TPSA) is 64.3 Å².